The van der Waals surface area contributed by atoms with E-state index >= 15 is 0 Å². The highest BCUT2D eigenvalue weighted by Crippen LogP contribution is 2.33. The van der Waals surface area contributed by atoms with Gasteiger partial charge in [-0.15, -0.1) is 0 Å². The van der Waals surface area contributed by atoms with Crippen molar-refractivity contribution in [2.45, 2.75) is 63.5 Å². The Bertz CT molecular complexity index is 576. The molecular weight excluding hydrogens is 290 g/mol. The Morgan fingerprint density at radius 1 is 1.35 bits per heavy atom. The highest BCUT2D eigenvalue weighted by molar-refractivity contribution is 5.85. The average molecular weight is 317 g/mol. The van der Waals surface area contributed by atoms with Crippen LogP contribution in [0.3, 0.4) is 0 Å². The summed E-state index contributed by atoms with van der Waals surface area (Å²) in [6, 6.07) is 6.64. The molecule has 2 aliphatic rings. The van der Waals surface area contributed by atoms with Gasteiger partial charge in [0.25, 0.3) is 5.91 Å². The number of carbonyl (C=O) groups is 1. The average Bonchev–Trinajstić information content (AvgIpc) is 2.55. The lowest BCUT2D eigenvalue weighted by molar-refractivity contribution is -0.150. The van der Waals surface area contributed by atoms with E-state index in [2.05, 4.69) is 37.4 Å². The third-order valence-corrected chi connectivity index (χ3v) is 5.20. The van der Waals surface area contributed by atoms with Crippen molar-refractivity contribution >= 4 is 5.91 Å². The Morgan fingerprint density at radius 3 is 2.78 bits per heavy atom. The first-order chi connectivity index (χ1) is 11.0. The molecule has 0 radical (unpaired) electrons. The van der Waals surface area contributed by atoms with Crippen LogP contribution < -0.4 is 5.32 Å². The van der Waals surface area contributed by atoms with E-state index in [9.17, 15) is 9.90 Å². The Hall–Kier alpha value is -1.39. The van der Waals surface area contributed by atoms with Crippen LogP contribution in [0.25, 0.3) is 0 Å². The lowest BCUT2D eigenvalue weighted by Crippen LogP contribution is -2.51. The minimum Gasteiger partial charge on any atom is -0.381 e. The summed E-state index contributed by atoms with van der Waals surface area (Å²) < 4.78 is 5.26. The predicted molar refractivity (Wildman–Crippen MR) is 89.4 cm³/mol. The molecule has 23 heavy (non-hydrogen) atoms. The molecule has 0 spiro atoms. The van der Waals surface area contributed by atoms with Crippen LogP contribution in [0.4, 0.5) is 0 Å². The van der Waals surface area contributed by atoms with Crippen LogP contribution in [-0.4, -0.2) is 29.8 Å². The van der Waals surface area contributed by atoms with Crippen molar-refractivity contribution in [3.63, 3.8) is 0 Å². The van der Waals surface area contributed by atoms with Crippen LogP contribution >= 0.6 is 0 Å². The number of amides is 1. The van der Waals surface area contributed by atoms with Crippen LogP contribution in [0.15, 0.2) is 18.2 Å². The first kappa shape index (κ1) is 16.5. The van der Waals surface area contributed by atoms with Gasteiger partial charge in [-0.3, -0.25) is 4.79 Å². The molecule has 0 bridgehead atoms. The number of rotatable bonds is 3. The second-order valence-corrected chi connectivity index (χ2v) is 7.18. The summed E-state index contributed by atoms with van der Waals surface area (Å²) in [6.07, 6.45) is 3.83. The molecule has 4 heteroatoms. The zero-order valence-corrected chi connectivity index (χ0v) is 14.1. The number of nitrogens with one attached hydrogen (secondary N) is 1. The second-order valence-electron chi connectivity index (χ2n) is 7.18. The van der Waals surface area contributed by atoms with E-state index in [-0.39, 0.29) is 11.9 Å². The summed E-state index contributed by atoms with van der Waals surface area (Å²) in [4.78, 5) is 12.6. The van der Waals surface area contributed by atoms with Gasteiger partial charge < -0.3 is 15.2 Å². The lowest BCUT2D eigenvalue weighted by Gasteiger charge is -2.34. The maximum Gasteiger partial charge on any atom is 0.252 e. The number of hydrogen-bond acceptors (Lipinski definition) is 3. The fourth-order valence-corrected chi connectivity index (χ4v) is 3.56. The van der Waals surface area contributed by atoms with Crippen molar-refractivity contribution in [1.82, 2.24) is 5.32 Å². The summed E-state index contributed by atoms with van der Waals surface area (Å²) >= 11 is 0. The van der Waals surface area contributed by atoms with Gasteiger partial charge in [-0.2, -0.15) is 0 Å². The molecule has 0 unspecified atom stereocenters. The maximum absolute atomic E-state index is 12.6. The number of ether oxygens (including phenoxy) is 1. The minimum absolute atomic E-state index is 0.0109. The molecule has 1 aliphatic carbocycles. The Kier molecular flexibility index (Phi) is 4.74. The number of benzene rings is 1. The standard InChI is InChI=1S/C19H27NO3/c1-13(2)15-7-6-14-4-3-5-17(16(14)12-15)20-18(21)19(22)8-10-23-11-9-19/h6-7,12-13,17,22H,3-5,8-11H2,1-2H3,(H,20,21)/t17-/m1/s1. The predicted octanol–water partition coefficient (Wildman–Crippen LogP) is 2.85. The first-order valence-electron chi connectivity index (χ1n) is 8.73. The molecule has 126 valence electrons. The van der Waals surface area contributed by atoms with Gasteiger partial charge in [-0.1, -0.05) is 32.0 Å². The van der Waals surface area contributed by atoms with Crippen molar-refractivity contribution in [2.75, 3.05) is 13.2 Å². The number of aryl methyl sites for hydroxylation is 1. The first-order valence-corrected chi connectivity index (χ1v) is 8.73. The Balaban J connectivity index is 1.79. The number of aliphatic hydroxyl groups is 1. The molecule has 1 aromatic carbocycles. The van der Waals surface area contributed by atoms with Crippen molar-refractivity contribution < 1.29 is 14.6 Å². The highest BCUT2D eigenvalue weighted by Gasteiger charge is 2.39. The van der Waals surface area contributed by atoms with Gasteiger partial charge in [-0.05, 0) is 41.9 Å². The molecule has 4 nitrogen and oxygen atoms in total. The summed E-state index contributed by atoms with van der Waals surface area (Å²) in [5, 5.41) is 13.7. The van der Waals surface area contributed by atoms with Gasteiger partial charge >= 0.3 is 0 Å². The van der Waals surface area contributed by atoms with E-state index in [4.69, 9.17) is 4.74 Å². The molecule has 2 N–H and O–H groups in total. The quantitative estimate of drug-likeness (QED) is 0.901. The maximum atomic E-state index is 12.6. The molecule has 1 fully saturated rings. The van der Waals surface area contributed by atoms with E-state index in [1.54, 1.807) is 0 Å². The molecule has 1 aliphatic heterocycles. The topological polar surface area (TPSA) is 58.6 Å². The van der Waals surface area contributed by atoms with Gasteiger partial charge in [-0.25, -0.2) is 0 Å². The molecular formula is C19H27NO3. The van der Waals surface area contributed by atoms with E-state index < -0.39 is 5.60 Å². The summed E-state index contributed by atoms with van der Waals surface area (Å²) in [7, 11) is 0. The smallest absolute Gasteiger partial charge is 0.252 e. The van der Waals surface area contributed by atoms with Gasteiger partial charge in [0, 0.05) is 26.1 Å². The highest BCUT2D eigenvalue weighted by atomic mass is 16.5. The normalized spacial score (nSPS) is 23.4. The SMILES string of the molecule is CC(C)c1ccc2c(c1)[C@H](NC(=O)C1(O)CCOCC1)CCC2. The second kappa shape index (κ2) is 6.62. The lowest BCUT2D eigenvalue weighted by atomic mass is 9.84. The molecule has 0 aromatic heterocycles. The molecule has 3 rings (SSSR count). The molecule has 1 saturated heterocycles. The van der Waals surface area contributed by atoms with Crippen LogP contribution in [0, 0.1) is 0 Å². The number of hydrogen-bond donors (Lipinski definition) is 2. The monoisotopic (exact) mass is 317 g/mol. The van der Waals surface area contributed by atoms with E-state index in [1.165, 1.54) is 16.7 Å². The third-order valence-electron chi connectivity index (χ3n) is 5.20. The molecule has 0 saturated carbocycles. The Morgan fingerprint density at radius 2 is 2.09 bits per heavy atom. The minimum atomic E-state index is -1.27. The van der Waals surface area contributed by atoms with Crippen molar-refractivity contribution in [2.24, 2.45) is 0 Å². The van der Waals surface area contributed by atoms with E-state index in [0.29, 0.717) is 32.0 Å². The fraction of sp³-hybridized carbons (Fsp3) is 0.632. The third kappa shape index (κ3) is 3.43. The summed E-state index contributed by atoms with van der Waals surface area (Å²) in [5.74, 6) is 0.229. The van der Waals surface area contributed by atoms with Crippen LogP contribution in [0.1, 0.15) is 68.2 Å². The van der Waals surface area contributed by atoms with E-state index in [0.717, 1.165) is 19.3 Å². The van der Waals surface area contributed by atoms with Crippen molar-refractivity contribution in [1.29, 1.82) is 0 Å². The van der Waals surface area contributed by atoms with Gasteiger partial charge in [0.2, 0.25) is 0 Å². The molecule has 1 amide bonds. The molecule has 1 aromatic rings. The van der Waals surface area contributed by atoms with Gasteiger partial charge in [0.15, 0.2) is 0 Å². The summed E-state index contributed by atoms with van der Waals surface area (Å²) in [5.41, 5.74) is 2.58. The van der Waals surface area contributed by atoms with Crippen LogP contribution in [0.2, 0.25) is 0 Å². The molecule has 1 atom stereocenters. The number of carbonyl (C=O) groups excluding carboxylic acids is 1. The largest absolute Gasteiger partial charge is 0.381 e. The van der Waals surface area contributed by atoms with Crippen LogP contribution in [0.5, 0.6) is 0 Å². The van der Waals surface area contributed by atoms with E-state index in [1.807, 2.05) is 0 Å². The van der Waals surface area contributed by atoms with Crippen molar-refractivity contribution in [3.8, 4) is 0 Å². The number of fused-ring (bicyclic) bond motifs is 1. The van der Waals surface area contributed by atoms with Gasteiger partial charge in [0.05, 0.1) is 6.04 Å². The van der Waals surface area contributed by atoms with Gasteiger partial charge in [0.1, 0.15) is 5.60 Å². The van der Waals surface area contributed by atoms with Crippen molar-refractivity contribution in [3.05, 3.63) is 34.9 Å². The summed E-state index contributed by atoms with van der Waals surface area (Å²) in [6.45, 7) is 5.26. The van der Waals surface area contributed by atoms with Crippen LogP contribution in [-0.2, 0) is 16.0 Å². The molecule has 1 heterocycles. The fourth-order valence-electron chi connectivity index (χ4n) is 3.56. The zero-order valence-electron chi connectivity index (χ0n) is 14.1. The Labute approximate surface area is 138 Å². The zero-order chi connectivity index (χ0) is 16.4.